The zero-order chi connectivity index (χ0) is 17.9. The summed E-state index contributed by atoms with van der Waals surface area (Å²) in [6.45, 7) is 3.90. The average Bonchev–Trinajstić information content (AvgIpc) is 2.56. The number of benzene rings is 1. The van der Waals surface area contributed by atoms with Gasteiger partial charge in [0, 0.05) is 19.8 Å². The molecule has 0 aromatic heterocycles. The van der Waals surface area contributed by atoms with Crippen LogP contribution in [0.2, 0.25) is 5.02 Å². The lowest BCUT2D eigenvalue weighted by Gasteiger charge is -2.28. The van der Waals surface area contributed by atoms with Crippen molar-refractivity contribution in [2.75, 3.05) is 32.5 Å². The summed E-state index contributed by atoms with van der Waals surface area (Å²) in [4.78, 5) is 13.7. The minimum Gasteiger partial charge on any atom is -0.325 e. The van der Waals surface area contributed by atoms with Crippen molar-refractivity contribution in [1.82, 2.24) is 4.31 Å². The molecule has 1 aliphatic heterocycles. The first-order valence-corrected chi connectivity index (χ1v) is 9.93. The molecular weight excluding hydrogens is 350 g/mol. The molecular formula is C16H25ClN3O3S+. The van der Waals surface area contributed by atoms with Gasteiger partial charge in [-0.1, -0.05) is 11.6 Å². The van der Waals surface area contributed by atoms with E-state index in [1.165, 1.54) is 37.5 Å². The maximum atomic E-state index is 12.5. The van der Waals surface area contributed by atoms with E-state index in [-0.39, 0.29) is 21.9 Å². The predicted octanol–water partition coefficient (Wildman–Crippen LogP) is 0.986. The molecule has 24 heavy (non-hydrogen) atoms. The minimum atomic E-state index is -3.66. The number of likely N-dealkylation sites (tertiary alicyclic amines) is 1. The molecule has 1 aromatic rings. The minimum absolute atomic E-state index is 0.00932. The number of rotatable bonds is 5. The molecule has 0 bridgehead atoms. The van der Waals surface area contributed by atoms with Crippen molar-refractivity contribution >= 4 is 33.2 Å². The summed E-state index contributed by atoms with van der Waals surface area (Å²) in [6, 6.07) is 4.35. The number of carbonyl (C=O) groups excluding carboxylic acids is 1. The standard InChI is InChI=1S/C16H24ClN3O3S/c1-12(20-9-5-4-6-10-20)16(21)18-13-7-8-14(17)15(11-13)24(22,23)19(2)3/h7-8,11-12H,4-6,9-10H2,1-3H3,(H,18,21)/p+1/t12-/m0/s1. The number of nitrogens with one attached hydrogen (secondary N) is 2. The molecule has 1 amide bonds. The highest BCUT2D eigenvalue weighted by molar-refractivity contribution is 7.89. The molecule has 0 radical (unpaired) electrons. The van der Waals surface area contributed by atoms with Gasteiger partial charge in [-0.3, -0.25) is 4.79 Å². The van der Waals surface area contributed by atoms with Crippen LogP contribution in [0.1, 0.15) is 26.2 Å². The van der Waals surface area contributed by atoms with Crippen molar-refractivity contribution < 1.29 is 18.1 Å². The molecule has 1 heterocycles. The molecule has 1 aromatic carbocycles. The number of hydrogen-bond donors (Lipinski definition) is 2. The number of anilines is 1. The van der Waals surface area contributed by atoms with Crippen molar-refractivity contribution in [1.29, 1.82) is 0 Å². The lowest BCUT2D eigenvalue weighted by molar-refractivity contribution is -0.918. The summed E-state index contributed by atoms with van der Waals surface area (Å²) in [5, 5.41) is 2.95. The van der Waals surface area contributed by atoms with Crippen molar-refractivity contribution in [2.24, 2.45) is 0 Å². The monoisotopic (exact) mass is 374 g/mol. The zero-order valence-electron chi connectivity index (χ0n) is 14.3. The molecule has 0 aliphatic carbocycles. The van der Waals surface area contributed by atoms with Gasteiger partial charge in [-0.15, -0.1) is 0 Å². The van der Waals surface area contributed by atoms with Crippen molar-refractivity contribution in [3.05, 3.63) is 23.2 Å². The third kappa shape index (κ3) is 4.27. The van der Waals surface area contributed by atoms with Gasteiger partial charge in [0.05, 0.1) is 18.1 Å². The Labute approximate surface area is 148 Å². The first kappa shape index (κ1) is 19.2. The van der Waals surface area contributed by atoms with Crippen LogP contribution in [0.3, 0.4) is 0 Å². The van der Waals surface area contributed by atoms with Crippen LogP contribution in [0, 0.1) is 0 Å². The van der Waals surface area contributed by atoms with Crippen LogP contribution < -0.4 is 10.2 Å². The Morgan fingerprint density at radius 3 is 2.46 bits per heavy atom. The summed E-state index contributed by atoms with van der Waals surface area (Å²) >= 11 is 6.02. The highest BCUT2D eigenvalue weighted by Gasteiger charge is 2.27. The van der Waals surface area contributed by atoms with Crippen LogP contribution in [0.4, 0.5) is 5.69 Å². The number of sulfonamides is 1. The number of halogens is 1. The summed E-state index contributed by atoms with van der Waals surface area (Å²) in [5.41, 5.74) is 0.438. The maximum absolute atomic E-state index is 12.5. The Morgan fingerprint density at radius 1 is 1.25 bits per heavy atom. The van der Waals surface area contributed by atoms with Crippen LogP contribution in [0.5, 0.6) is 0 Å². The van der Waals surface area contributed by atoms with E-state index in [1.807, 2.05) is 6.92 Å². The van der Waals surface area contributed by atoms with Gasteiger partial charge in [0.15, 0.2) is 6.04 Å². The fourth-order valence-electron chi connectivity index (χ4n) is 2.85. The van der Waals surface area contributed by atoms with E-state index in [0.717, 1.165) is 30.2 Å². The van der Waals surface area contributed by atoms with E-state index >= 15 is 0 Å². The molecule has 0 saturated carbocycles. The molecule has 0 unspecified atom stereocenters. The topological polar surface area (TPSA) is 70.9 Å². The number of amides is 1. The molecule has 0 spiro atoms. The Morgan fingerprint density at radius 2 is 1.88 bits per heavy atom. The summed E-state index contributed by atoms with van der Waals surface area (Å²) in [6.07, 6.45) is 3.50. The van der Waals surface area contributed by atoms with Crippen LogP contribution in [-0.2, 0) is 14.8 Å². The van der Waals surface area contributed by atoms with E-state index in [4.69, 9.17) is 11.6 Å². The van der Waals surface area contributed by atoms with E-state index in [2.05, 4.69) is 5.32 Å². The first-order valence-electron chi connectivity index (χ1n) is 8.11. The van der Waals surface area contributed by atoms with Crippen LogP contribution >= 0.6 is 11.6 Å². The number of quaternary nitrogens is 1. The van der Waals surface area contributed by atoms with Crippen LogP contribution in [0.25, 0.3) is 0 Å². The van der Waals surface area contributed by atoms with Gasteiger partial charge in [-0.2, -0.15) is 0 Å². The third-order valence-electron chi connectivity index (χ3n) is 4.46. The number of hydrogen-bond acceptors (Lipinski definition) is 3. The molecule has 8 heteroatoms. The number of piperidine rings is 1. The smallest absolute Gasteiger partial charge is 0.282 e. The van der Waals surface area contributed by atoms with E-state index in [1.54, 1.807) is 6.07 Å². The Hall–Kier alpha value is -1.15. The van der Waals surface area contributed by atoms with E-state index < -0.39 is 10.0 Å². The van der Waals surface area contributed by atoms with Gasteiger partial charge >= 0.3 is 0 Å². The zero-order valence-corrected chi connectivity index (χ0v) is 15.9. The average molecular weight is 375 g/mol. The lowest BCUT2D eigenvalue weighted by atomic mass is 10.1. The summed E-state index contributed by atoms with van der Waals surface area (Å²) in [5.74, 6) is -0.109. The first-order chi connectivity index (χ1) is 11.2. The fourth-order valence-corrected chi connectivity index (χ4v) is 4.24. The molecule has 1 aliphatic rings. The second kappa shape index (κ2) is 7.82. The normalized spacial score (nSPS) is 17.7. The highest BCUT2D eigenvalue weighted by Crippen LogP contribution is 2.26. The molecule has 6 nitrogen and oxygen atoms in total. The molecule has 1 atom stereocenters. The molecule has 1 fully saturated rings. The van der Waals surface area contributed by atoms with Gasteiger partial charge < -0.3 is 10.2 Å². The largest absolute Gasteiger partial charge is 0.325 e. The SMILES string of the molecule is C[C@@H](C(=O)Nc1ccc(Cl)c(S(=O)(=O)N(C)C)c1)[NH+]1CCCCC1. The maximum Gasteiger partial charge on any atom is 0.282 e. The fraction of sp³-hybridized carbons (Fsp3) is 0.562. The quantitative estimate of drug-likeness (QED) is 0.807. The van der Waals surface area contributed by atoms with Gasteiger partial charge in [-0.05, 0) is 44.4 Å². The third-order valence-corrected chi connectivity index (χ3v) is 6.76. The Kier molecular flexibility index (Phi) is 6.25. The predicted molar refractivity (Wildman–Crippen MR) is 95.0 cm³/mol. The number of nitrogens with zero attached hydrogens (tertiary/aromatic N) is 1. The number of carbonyl (C=O) groups is 1. The van der Waals surface area contributed by atoms with Gasteiger partial charge in [0.2, 0.25) is 10.0 Å². The van der Waals surface area contributed by atoms with E-state index in [9.17, 15) is 13.2 Å². The van der Waals surface area contributed by atoms with E-state index in [0.29, 0.717) is 5.69 Å². The summed E-state index contributed by atoms with van der Waals surface area (Å²) < 4.78 is 25.7. The Balaban J connectivity index is 2.17. The van der Waals surface area contributed by atoms with Gasteiger partial charge in [-0.25, -0.2) is 12.7 Å². The molecule has 2 N–H and O–H groups in total. The lowest BCUT2D eigenvalue weighted by Crippen LogP contribution is -3.17. The highest BCUT2D eigenvalue weighted by atomic mass is 35.5. The van der Waals surface area contributed by atoms with Gasteiger partial charge in [0.1, 0.15) is 4.90 Å². The molecule has 134 valence electrons. The van der Waals surface area contributed by atoms with Crippen LogP contribution in [-0.4, -0.2) is 51.9 Å². The van der Waals surface area contributed by atoms with Gasteiger partial charge in [0.25, 0.3) is 5.91 Å². The molecule has 2 rings (SSSR count). The Bertz CT molecular complexity index is 701. The summed E-state index contributed by atoms with van der Waals surface area (Å²) in [7, 11) is -0.775. The van der Waals surface area contributed by atoms with Crippen molar-refractivity contribution in [3.63, 3.8) is 0 Å². The van der Waals surface area contributed by atoms with Crippen molar-refractivity contribution in [3.8, 4) is 0 Å². The second-order valence-corrected chi connectivity index (χ2v) is 8.89. The molecule has 1 saturated heterocycles. The van der Waals surface area contributed by atoms with Crippen molar-refractivity contribution in [2.45, 2.75) is 37.1 Å². The second-order valence-electron chi connectivity index (χ2n) is 6.36. The van der Waals surface area contributed by atoms with Crippen LogP contribution in [0.15, 0.2) is 23.1 Å².